The SMILES string of the molecule is O=C(O)CNc1ccc2c(c1)CC(NS(=O)(=O)c1ccc(Cl)cc1)C2.[H-].[Na+]. The van der Waals surface area contributed by atoms with Crippen LogP contribution in [-0.2, 0) is 27.7 Å². The summed E-state index contributed by atoms with van der Waals surface area (Å²) in [6, 6.07) is 11.4. The van der Waals surface area contributed by atoms with Gasteiger partial charge < -0.3 is 11.8 Å². The Morgan fingerprint density at radius 3 is 2.46 bits per heavy atom. The van der Waals surface area contributed by atoms with E-state index in [2.05, 4.69) is 10.0 Å². The van der Waals surface area contributed by atoms with Crippen LogP contribution in [0.1, 0.15) is 12.6 Å². The van der Waals surface area contributed by atoms with Gasteiger partial charge in [-0.15, -0.1) is 0 Å². The average Bonchev–Trinajstić information content (AvgIpc) is 2.93. The molecule has 1 unspecified atom stereocenters. The summed E-state index contributed by atoms with van der Waals surface area (Å²) in [4.78, 5) is 10.8. The number of nitrogens with one attached hydrogen (secondary N) is 2. The van der Waals surface area contributed by atoms with E-state index in [9.17, 15) is 13.2 Å². The molecule has 0 spiro atoms. The molecule has 2 aromatic rings. The predicted molar refractivity (Wildman–Crippen MR) is 96.6 cm³/mol. The van der Waals surface area contributed by atoms with Gasteiger partial charge in [0.15, 0.2) is 0 Å². The van der Waals surface area contributed by atoms with Crippen molar-refractivity contribution in [2.24, 2.45) is 0 Å². The number of carboxylic acids is 1. The molecule has 0 fully saturated rings. The monoisotopic (exact) mass is 404 g/mol. The summed E-state index contributed by atoms with van der Waals surface area (Å²) in [6.07, 6.45) is 1.16. The minimum Gasteiger partial charge on any atom is -1.00 e. The summed E-state index contributed by atoms with van der Waals surface area (Å²) in [6.45, 7) is -0.161. The van der Waals surface area contributed by atoms with Gasteiger partial charge >= 0.3 is 35.5 Å². The van der Waals surface area contributed by atoms with Crippen molar-refractivity contribution in [3.8, 4) is 0 Å². The maximum atomic E-state index is 12.5. The molecule has 0 heterocycles. The third kappa shape index (κ3) is 5.22. The van der Waals surface area contributed by atoms with Crippen LogP contribution in [0, 0.1) is 0 Å². The molecule has 26 heavy (non-hydrogen) atoms. The van der Waals surface area contributed by atoms with Gasteiger partial charge in [0.1, 0.15) is 6.54 Å². The molecule has 0 radical (unpaired) electrons. The summed E-state index contributed by atoms with van der Waals surface area (Å²) < 4.78 is 27.6. The van der Waals surface area contributed by atoms with Crippen LogP contribution in [0.2, 0.25) is 5.02 Å². The topological polar surface area (TPSA) is 95.5 Å². The fraction of sp³-hybridized carbons (Fsp3) is 0.235. The van der Waals surface area contributed by atoms with E-state index in [1.807, 2.05) is 12.1 Å². The first-order valence-corrected chi connectivity index (χ1v) is 9.55. The number of hydrogen-bond donors (Lipinski definition) is 3. The van der Waals surface area contributed by atoms with Crippen LogP contribution in [0.25, 0.3) is 0 Å². The first-order chi connectivity index (χ1) is 11.8. The van der Waals surface area contributed by atoms with Crippen LogP contribution < -0.4 is 39.6 Å². The number of rotatable bonds is 6. The normalized spacial score (nSPS) is 15.8. The van der Waals surface area contributed by atoms with Crippen molar-refractivity contribution in [1.29, 1.82) is 0 Å². The van der Waals surface area contributed by atoms with E-state index in [0.29, 0.717) is 23.6 Å². The van der Waals surface area contributed by atoms with Crippen molar-refractivity contribution >= 4 is 33.3 Å². The Balaban J connectivity index is 0.00000182. The Morgan fingerprint density at radius 2 is 1.81 bits per heavy atom. The number of anilines is 1. The largest absolute Gasteiger partial charge is 1.00 e. The number of halogens is 1. The minimum atomic E-state index is -3.61. The maximum Gasteiger partial charge on any atom is 1.00 e. The quantitative estimate of drug-likeness (QED) is 0.559. The Bertz CT molecular complexity index is 910. The van der Waals surface area contributed by atoms with Crippen LogP contribution in [0.5, 0.6) is 0 Å². The van der Waals surface area contributed by atoms with E-state index in [-0.39, 0.29) is 48.5 Å². The standard InChI is InChI=1S/C17H17ClN2O4S.Na.H/c18-13-2-5-16(6-3-13)25(23,24)20-15-7-11-1-4-14(8-12(11)9-15)19-10-17(21)22;;/h1-6,8,15,19-20H,7,9-10H2,(H,21,22);;/q;+1;-1. The number of benzene rings is 2. The van der Waals surface area contributed by atoms with Gasteiger partial charge in [0.25, 0.3) is 0 Å². The van der Waals surface area contributed by atoms with Crippen molar-refractivity contribution in [3.63, 3.8) is 0 Å². The zero-order valence-electron chi connectivity index (χ0n) is 15.2. The van der Waals surface area contributed by atoms with Crippen LogP contribution in [-0.4, -0.2) is 32.1 Å². The van der Waals surface area contributed by atoms with Crippen molar-refractivity contribution in [2.45, 2.75) is 23.8 Å². The fourth-order valence-electron chi connectivity index (χ4n) is 2.89. The number of hydrogen-bond acceptors (Lipinski definition) is 4. The molecule has 0 amide bonds. The number of fused-ring (bicyclic) bond motifs is 1. The summed E-state index contributed by atoms with van der Waals surface area (Å²) in [5.74, 6) is -0.936. The van der Waals surface area contributed by atoms with Crippen LogP contribution >= 0.6 is 11.6 Å². The molecule has 0 bridgehead atoms. The molecule has 9 heteroatoms. The number of carbonyl (C=O) groups is 1. The Hall–Kier alpha value is -1.09. The second kappa shape index (κ2) is 8.73. The molecular formula is C17H18ClN2NaO4S. The number of carboxylic acid groups (broad SMARTS) is 1. The molecule has 3 N–H and O–H groups in total. The molecule has 0 saturated carbocycles. The second-order valence-electron chi connectivity index (χ2n) is 5.91. The summed E-state index contributed by atoms with van der Waals surface area (Å²) in [5.41, 5.74) is 2.78. The van der Waals surface area contributed by atoms with E-state index in [1.165, 1.54) is 12.1 Å². The van der Waals surface area contributed by atoms with Crippen molar-refractivity contribution in [1.82, 2.24) is 4.72 Å². The zero-order valence-corrected chi connectivity index (χ0v) is 17.8. The Labute approximate surface area is 180 Å². The molecule has 6 nitrogen and oxygen atoms in total. The molecule has 1 aliphatic carbocycles. The van der Waals surface area contributed by atoms with E-state index < -0.39 is 16.0 Å². The van der Waals surface area contributed by atoms with Gasteiger partial charge in [-0.25, -0.2) is 13.1 Å². The van der Waals surface area contributed by atoms with E-state index in [4.69, 9.17) is 16.7 Å². The third-order valence-corrected chi connectivity index (χ3v) is 5.82. The Kier molecular flexibility index (Phi) is 7.12. The van der Waals surface area contributed by atoms with Gasteiger partial charge in [-0.3, -0.25) is 4.79 Å². The molecular weight excluding hydrogens is 387 g/mol. The molecule has 1 aliphatic rings. The van der Waals surface area contributed by atoms with E-state index >= 15 is 0 Å². The first kappa shape index (κ1) is 21.2. The Morgan fingerprint density at radius 1 is 1.15 bits per heavy atom. The molecule has 0 aromatic heterocycles. The smallest absolute Gasteiger partial charge is 1.00 e. The van der Waals surface area contributed by atoms with Crippen molar-refractivity contribution in [2.75, 3.05) is 11.9 Å². The average molecular weight is 405 g/mol. The third-order valence-electron chi connectivity index (χ3n) is 4.03. The van der Waals surface area contributed by atoms with E-state index in [0.717, 1.165) is 11.1 Å². The van der Waals surface area contributed by atoms with Gasteiger partial charge in [-0.1, -0.05) is 17.7 Å². The van der Waals surface area contributed by atoms with Gasteiger partial charge in [0.2, 0.25) is 10.0 Å². The molecule has 134 valence electrons. The molecule has 0 saturated heterocycles. The van der Waals surface area contributed by atoms with Crippen LogP contribution in [0.15, 0.2) is 47.4 Å². The van der Waals surface area contributed by atoms with Gasteiger partial charge in [-0.2, -0.15) is 0 Å². The molecule has 3 rings (SSSR count). The molecule has 2 aromatic carbocycles. The maximum absolute atomic E-state index is 12.5. The van der Waals surface area contributed by atoms with Crippen LogP contribution in [0.3, 0.4) is 0 Å². The van der Waals surface area contributed by atoms with Crippen molar-refractivity contribution < 1.29 is 49.3 Å². The first-order valence-electron chi connectivity index (χ1n) is 7.69. The summed E-state index contributed by atoms with van der Waals surface area (Å²) in [7, 11) is -3.61. The predicted octanol–water partition coefficient (Wildman–Crippen LogP) is -0.601. The minimum absolute atomic E-state index is 0. The second-order valence-corrected chi connectivity index (χ2v) is 8.06. The van der Waals surface area contributed by atoms with Gasteiger partial charge in [0.05, 0.1) is 4.90 Å². The number of sulfonamides is 1. The summed E-state index contributed by atoms with van der Waals surface area (Å²) >= 11 is 5.80. The van der Waals surface area contributed by atoms with Gasteiger partial charge in [-0.05, 0) is 60.4 Å². The van der Waals surface area contributed by atoms with Crippen LogP contribution in [0.4, 0.5) is 5.69 Å². The number of aliphatic carboxylic acids is 1. The van der Waals surface area contributed by atoms with Crippen molar-refractivity contribution in [3.05, 3.63) is 58.6 Å². The van der Waals surface area contributed by atoms with Gasteiger partial charge in [0, 0.05) is 16.8 Å². The van der Waals surface area contributed by atoms with E-state index in [1.54, 1.807) is 18.2 Å². The fourth-order valence-corrected chi connectivity index (χ4v) is 4.25. The molecule has 1 atom stereocenters. The summed E-state index contributed by atoms with van der Waals surface area (Å²) in [5, 5.41) is 12.0. The zero-order chi connectivity index (χ0) is 18.0. The molecule has 0 aliphatic heterocycles.